The van der Waals surface area contributed by atoms with Crippen LogP contribution in [0.15, 0.2) is 0 Å². The number of amides is 1. The number of carbonyl (C=O) groups excluding carboxylic acids is 1. The topological polar surface area (TPSA) is 66.4 Å². The van der Waals surface area contributed by atoms with Gasteiger partial charge in [-0.2, -0.15) is 0 Å². The van der Waals surface area contributed by atoms with Crippen molar-refractivity contribution in [3.05, 3.63) is 0 Å². The average molecular weight is 199 g/mol. The third-order valence-electron chi connectivity index (χ3n) is 2.64. The fraction of sp³-hybridized carbons (Fsp3) is 0.800. The molecule has 0 aliphatic heterocycles. The maximum absolute atomic E-state index is 11.4. The first-order chi connectivity index (χ1) is 6.44. The molecule has 0 bridgehead atoms. The Morgan fingerprint density at radius 2 is 2.00 bits per heavy atom. The maximum atomic E-state index is 11.4. The molecule has 1 fully saturated rings. The summed E-state index contributed by atoms with van der Waals surface area (Å²) >= 11 is 0. The fourth-order valence-electron chi connectivity index (χ4n) is 1.11. The molecule has 1 aliphatic carbocycles. The summed E-state index contributed by atoms with van der Waals surface area (Å²) in [5, 5.41) is 11.4. The summed E-state index contributed by atoms with van der Waals surface area (Å²) in [5.74, 6) is -0.727. The van der Waals surface area contributed by atoms with E-state index in [2.05, 4.69) is 5.32 Å². The highest BCUT2D eigenvalue weighted by Crippen LogP contribution is 2.31. The van der Waals surface area contributed by atoms with E-state index in [9.17, 15) is 9.59 Å². The molecular weight excluding hydrogens is 182 g/mol. The number of hydrogen-bond donors (Lipinski definition) is 2. The largest absolute Gasteiger partial charge is 0.480 e. The van der Waals surface area contributed by atoms with Crippen LogP contribution in [-0.4, -0.2) is 23.5 Å². The van der Waals surface area contributed by atoms with Gasteiger partial charge in [0.1, 0.15) is 5.41 Å². The van der Waals surface area contributed by atoms with Gasteiger partial charge in [-0.25, -0.2) is 0 Å². The van der Waals surface area contributed by atoms with Crippen LogP contribution in [0.4, 0.5) is 0 Å². The van der Waals surface area contributed by atoms with Gasteiger partial charge in [0.2, 0.25) is 5.91 Å². The van der Waals surface area contributed by atoms with Crippen LogP contribution in [0.2, 0.25) is 0 Å². The van der Waals surface area contributed by atoms with Crippen molar-refractivity contribution >= 4 is 11.9 Å². The van der Waals surface area contributed by atoms with Gasteiger partial charge in [0.25, 0.3) is 0 Å². The van der Waals surface area contributed by atoms with Crippen LogP contribution in [0.5, 0.6) is 0 Å². The third-order valence-corrected chi connectivity index (χ3v) is 2.64. The second-order valence-electron chi connectivity index (χ2n) is 4.42. The van der Waals surface area contributed by atoms with Crippen molar-refractivity contribution in [2.75, 3.05) is 6.54 Å². The molecule has 80 valence electrons. The van der Waals surface area contributed by atoms with Gasteiger partial charge in [0.05, 0.1) is 0 Å². The van der Waals surface area contributed by atoms with Gasteiger partial charge >= 0.3 is 5.97 Å². The van der Waals surface area contributed by atoms with Crippen LogP contribution in [0.25, 0.3) is 0 Å². The maximum Gasteiger partial charge on any atom is 0.318 e. The number of hydrogen-bond acceptors (Lipinski definition) is 2. The quantitative estimate of drug-likeness (QED) is 0.649. The predicted octanol–water partition coefficient (Wildman–Crippen LogP) is 1.01. The molecule has 0 aromatic heterocycles. The zero-order valence-corrected chi connectivity index (χ0v) is 8.67. The summed E-state index contributed by atoms with van der Waals surface area (Å²) in [4.78, 5) is 22.1. The molecule has 0 spiro atoms. The monoisotopic (exact) mass is 199 g/mol. The van der Waals surface area contributed by atoms with E-state index in [4.69, 9.17) is 5.11 Å². The summed E-state index contributed by atoms with van der Waals surface area (Å²) in [5.41, 5.74) is -1.32. The van der Waals surface area contributed by atoms with Crippen LogP contribution in [-0.2, 0) is 9.59 Å². The molecule has 0 aromatic rings. The zero-order valence-electron chi connectivity index (χ0n) is 8.67. The Bertz CT molecular complexity index is 244. The standard InChI is InChI=1S/C10H17NO3/c1-10(2,9(13)14)8(12)11-6-5-7-3-4-7/h7H,3-6H2,1-2H3,(H,11,12)(H,13,14). The van der Waals surface area contributed by atoms with Crippen LogP contribution in [0.1, 0.15) is 33.1 Å². The second kappa shape index (κ2) is 3.98. The van der Waals surface area contributed by atoms with Gasteiger partial charge < -0.3 is 10.4 Å². The van der Waals surface area contributed by atoms with Crippen LogP contribution >= 0.6 is 0 Å². The molecule has 1 amide bonds. The number of aliphatic carboxylic acids is 1. The van der Waals surface area contributed by atoms with Crippen molar-refractivity contribution in [3.63, 3.8) is 0 Å². The molecule has 0 aromatic carbocycles. The Labute approximate surface area is 83.7 Å². The molecule has 1 aliphatic rings. The number of carbonyl (C=O) groups is 2. The van der Waals surface area contributed by atoms with Crippen LogP contribution in [0.3, 0.4) is 0 Å². The Kier molecular flexibility index (Phi) is 3.13. The van der Waals surface area contributed by atoms with Crippen molar-refractivity contribution in [2.45, 2.75) is 33.1 Å². The lowest BCUT2D eigenvalue weighted by molar-refractivity contribution is -0.153. The Morgan fingerprint density at radius 1 is 1.43 bits per heavy atom. The molecule has 0 heterocycles. The minimum atomic E-state index is -1.32. The van der Waals surface area contributed by atoms with Gasteiger partial charge in [0.15, 0.2) is 0 Å². The normalized spacial score (nSPS) is 16.4. The van der Waals surface area contributed by atoms with Crippen LogP contribution in [0, 0.1) is 11.3 Å². The Morgan fingerprint density at radius 3 is 2.43 bits per heavy atom. The van der Waals surface area contributed by atoms with E-state index in [0.717, 1.165) is 12.3 Å². The highest BCUT2D eigenvalue weighted by molar-refractivity contribution is 6.00. The highest BCUT2D eigenvalue weighted by atomic mass is 16.4. The molecule has 4 heteroatoms. The first-order valence-electron chi connectivity index (χ1n) is 4.96. The van der Waals surface area contributed by atoms with E-state index in [1.165, 1.54) is 26.7 Å². The summed E-state index contributed by atoms with van der Waals surface area (Å²) in [6.45, 7) is 3.43. The number of carboxylic acid groups (broad SMARTS) is 1. The third kappa shape index (κ3) is 2.72. The van der Waals surface area contributed by atoms with Gasteiger partial charge in [-0.1, -0.05) is 12.8 Å². The van der Waals surface area contributed by atoms with Crippen molar-refractivity contribution < 1.29 is 14.7 Å². The molecule has 0 unspecified atom stereocenters. The Balaban J connectivity index is 2.28. The van der Waals surface area contributed by atoms with Crippen molar-refractivity contribution in [1.82, 2.24) is 5.32 Å². The van der Waals surface area contributed by atoms with Gasteiger partial charge in [-0.05, 0) is 26.2 Å². The molecule has 4 nitrogen and oxygen atoms in total. The van der Waals surface area contributed by atoms with E-state index in [-0.39, 0.29) is 0 Å². The molecular formula is C10H17NO3. The van der Waals surface area contributed by atoms with Crippen molar-refractivity contribution in [2.24, 2.45) is 11.3 Å². The van der Waals surface area contributed by atoms with Gasteiger partial charge in [0, 0.05) is 6.54 Å². The molecule has 14 heavy (non-hydrogen) atoms. The number of carboxylic acids is 1. The first kappa shape index (κ1) is 11.0. The summed E-state index contributed by atoms with van der Waals surface area (Å²) < 4.78 is 0. The lowest BCUT2D eigenvalue weighted by Crippen LogP contribution is -2.42. The molecule has 2 N–H and O–H groups in total. The first-order valence-corrected chi connectivity index (χ1v) is 4.96. The van der Waals surface area contributed by atoms with E-state index >= 15 is 0 Å². The molecule has 1 saturated carbocycles. The second-order valence-corrected chi connectivity index (χ2v) is 4.42. The van der Waals surface area contributed by atoms with Gasteiger partial charge in [-0.15, -0.1) is 0 Å². The summed E-state index contributed by atoms with van der Waals surface area (Å²) in [6, 6.07) is 0. The van der Waals surface area contributed by atoms with Crippen molar-refractivity contribution in [1.29, 1.82) is 0 Å². The number of rotatable bonds is 5. The molecule has 0 saturated heterocycles. The van der Waals surface area contributed by atoms with Crippen LogP contribution < -0.4 is 5.32 Å². The SMILES string of the molecule is CC(C)(C(=O)O)C(=O)NCCC1CC1. The van der Waals surface area contributed by atoms with E-state index < -0.39 is 17.3 Å². The molecule has 0 radical (unpaired) electrons. The smallest absolute Gasteiger partial charge is 0.318 e. The minimum Gasteiger partial charge on any atom is -0.480 e. The lowest BCUT2D eigenvalue weighted by Gasteiger charge is -2.18. The van der Waals surface area contributed by atoms with Gasteiger partial charge in [-0.3, -0.25) is 9.59 Å². The van der Waals surface area contributed by atoms with E-state index in [1.807, 2.05) is 0 Å². The summed E-state index contributed by atoms with van der Waals surface area (Å²) in [7, 11) is 0. The predicted molar refractivity (Wildman–Crippen MR) is 51.8 cm³/mol. The summed E-state index contributed by atoms with van der Waals surface area (Å²) in [6.07, 6.45) is 3.47. The highest BCUT2D eigenvalue weighted by Gasteiger charge is 2.35. The zero-order chi connectivity index (χ0) is 10.8. The van der Waals surface area contributed by atoms with E-state index in [1.54, 1.807) is 0 Å². The number of nitrogens with one attached hydrogen (secondary N) is 1. The minimum absolute atomic E-state index is 0.398. The lowest BCUT2D eigenvalue weighted by atomic mass is 9.93. The average Bonchev–Trinajstić information content (AvgIpc) is 2.87. The fourth-order valence-corrected chi connectivity index (χ4v) is 1.11. The Hall–Kier alpha value is -1.06. The van der Waals surface area contributed by atoms with E-state index in [0.29, 0.717) is 6.54 Å². The molecule has 0 atom stereocenters. The molecule has 1 rings (SSSR count). The van der Waals surface area contributed by atoms with Crippen molar-refractivity contribution in [3.8, 4) is 0 Å².